The molecule has 1 N–H and O–H groups in total. The summed E-state index contributed by atoms with van der Waals surface area (Å²) in [4.78, 5) is 12.6. The molecule has 1 amide bonds. The molecule has 3 aromatic rings. The molecule has 0 fully saturated rings. The van der Waals surface area contributed by atoms with Crippen LogP contribution in [0.15, 0.2) is 48.7 Å². The fourth-order valence-corrected chi connectivity index (χ4v) is 2.94. The third kappa shape index (κ3) is 4.27. The van der Waals surface area contributed by atoms with E-state index in [-0.39, 0.29) is 24.2 Å². The summed E-state index contributed by atoms with van der Waals surface area (Å²) in [5, 5.41) is 10.5. The molecule has 142 valence electrons. The average molecular weight is 376 g/mol. The fraction of sp³-hybridized carbons (Fsp3) is 0.316. The summed E-state index contributed by atoms with van der Waals surface area (Å²) in [5.41, 5.74) is 0.401. The van der Waals surface area contributed by atoms with E-state index in [4.69, 9.17) is 0 Å². The van der Waals surface area contributed by atoms with Crippen molar-refractivity contribution in [3.8, 4) is 0 Å². The van der Waals surface area contributed by atoms with Gasteiger partial charge in [-0.2, -0.15) is 13.2 Å². The predicted molar refractivity (Wildman–Crippen MR) is 93.9 cm³/mol. The number of benzene rings is 1. The Balaban J connectivity index is 1.78. The van der Waals surface area contributed by atoms with E-state index < -0.39 is 11.7 Å². The first-order valence-corrected chi connectivity index (χ1v) is 8.63. The number of rotatable bonds is 6. The molecule has 0 aliphatic heterocycles. The number of nitrogens with one attached hydrogen (secondary N) is 1. The minimum atomic E-state index is -4.46. The number of hydrogen-bond donors (Lipinski definition) is 1. The van der Waals surface area contributed by atoms with Crippen LogP contribution in [-0.2, 0) is 17.5 Å². The Morgan fingerprint density at radius 2 is 1.89 bits per heavy atom. The van der Waals surface area contributed by atoms with Crippen LogP contribution >= 0.6 is 0 Å². The van der Waals surface area contributed by atoms with Gasteiger partial charge in [-0.25, -0.2) is 0 Å². The quantitative estimate of drug-likeness (QED) is 0.709. The van der Waals surface area contributed by atoms with Gasteiger partial charge in [0, 0.05) is 6.20 Å². The van der Waals surface area contributed by atoms with E-state index in [1.807, 2.05) is 37.3 Å². The van der Waals surface area contributed by atoms with Gasteiger partial charge >= 0.3 is 6.18 Å². The number of aromatic nitrogens is 3. The molecule has 27 heavy (non-hydrogen) atoms. The van der Waals surface area contributed by atoms with Crippen LogP contribution in [0.5, 0.6) is 0 Å². The van der Waals surface area contributed by atoms with E-state index in [0.29, 0.717) is 12.1 Å². The first-order chi connectivity index (χ1) is 12.9. The average Bonchev–Trinajstić information content (AvgIpc) is 3.06. The number of amides is 1. The Bertz CT molecular complexity index is 922. The fourth-order valence-electron chi connectivity index (χ4n) is 2.94. The Labute approximate surface area is 154 Å². The lowest BCUT2D eigenvalue weighted by molar-refractivity contribution is -0.137. The van der Waals surface area contributed by atoms with E-state index in [0.717, 1.165) is 24.2 Å². The van der Waals surface area contributed by atoms with Crippen LogP contribution in [0.25, 0.3) is 5.65 Å². The molecule has 0 aliphatic rings. The van der Waals surface area contributed by atoms with Crippen molar-refractivity contribution in [2.24, 2.45) is 0 Å². The topological polar surface area (TPSA) is 59.3 Å². The van der Waals surface area contributed by atoms with Crippen LogP contribution in [0, 0.1) is 0 Å². The molecular formula is C19H19F3N4O. The number of carbonyl (C=O) groups excluding carboxylic acids is 1. The molecule has 5 nitrogen and oxygen atoms in total. The number of carbonyl (C=O) groups is 1. The molecule has 0 bridgehead atoms. The number of pyridine rings is 1. The molecule has 0 saturated heterocycles. The molecule has 1 aromatic carbocycles. The van der Waals surface area contributed by atoms with Crippen molar-refractivity contribution in [2.45, 2.75) is 38.4 Å². The standard InChI is InChI=1S/C19H19F3N4O/c1-2-6-15(13-7-4-3-5-8-13)18(27)23-11-17-25-24-16-10-9-14(12-26(16)17)19(20,21)22/h3-5,7-10,12,15H,2,6,11H2,1H3,(H,23,27). The summed E-state index contributed by atoms with van der Waals surface area (Å²) in [7, 11) is 0. The maximum atomic E-state index is 12.9. The Morgan fingerprint density at radius 1 is 1.15 bits per heavy atom. The van der Waals surface area contributed by atoms with Crippen LogP contribution in [0.4, 0.5) is 13.2 Å². The monoisotopic (exact) mass is 376 g/mol. The molecule has 0 radical (unpaired) electrons. The maximum Gasteiger partial charge on any atom is 0.417 e. The highest BCUT2D eigenvalue weighted by Crippen LogP contribution is 2.29. The lowest BCUT2D eigenvalue weighted by Gasteiger charge is -2.16. The lowest BCUT2D eigenvalue weighted by Crippen LogP contribution is -2.29. The summed E-state index contributed by atoms with van der Waals surface area (Å²) in [5.74, 6) is -0.263. The summed E-state index contributed by atoms with van der Waals surface area (Å²) in [6.07, 6.45) is -2.01. The van der Waals surface area contributed by atoms with Crippen molar-refractivity contribution in [1.82, 2.24) is 19.9 Å². The van der Waals surface area contributed by atoms with Crippen molar-refractivity contribution < 1.29 is 18.0 Å². The normalized spacial score (nSPS) is 12.9. The number of nitrogens with zero attached hydrogens (tertiary/aromatic N) is 3. The van der Waals surface area contributed by atoms with Gasteiger partial charge in [-0.15, -0.1) is 10.2 Å². The number of fused-ring (bicyclic) bond motifs is 1. The van der Waals surface area contributed by atoms with Crippen LogP contribution in [0.2, 0.25) is 0 Å². The van der Waals surface area contributed by atoms with Gasteiger partial charge in [0.2, 0.25) is 5.91 Å². The molecular weight excluding hydrogens is 357 g/mol. The molecule has 2 heterocycles. The van der Waals surface area contributed by atoms with Crippen molar-refractivity contribution in [1.29, 1.82) is 0 Å². The van der Waals surface area contributed by atoms with E-state index in [2.05, 4.69) is 15.5 Å². The molecule has 0 spiro atoms. The van der Waals surface area contributed by atoms with Gasteiger partial charge in [0.05, 0.1) is 18.0 Å². The smallest absolute Gasteiger partial charge is 0.348 e. The van der Waals surface area contributed by atoms with Gasteiger partial charge in [-0.05, 0) is 24.1 Å². The molecule has 1 unspecified atom stereocenters. The van der Waals surface area contributed by atoms with Crippen molar-refractivity contribution >= 4 is 11.6 Å². The van der Waals surface area contributed by atoms with Crippen LogP contribution in [0.3, 0.4) is 0 Å². The highest BCUT2D eigenvalue weighted by atomic mass is 19.4. The Kier molecular flexibility index (Phi) is 5.43. The SMILES string of the molecule is CCCC(C(=O)NCc1nnc2ccc(C(F)(F)F)cn12)c1ccccc1. The Hall–Kier alpha value is -2.90. The van der Waals surface area contributed by atoms with Crippen molar-refractivity contribution in [3.63, 3.8) is 0 Å². The van der Waals surface area contributed by atoms with Gasteiger partial charge in [0.15, 0.2) is 11.5 Å². The van der Waals surface area contributed by atoms with E-state index in [1.54, 1.807) is 0 Å². The van der Waals surface area contributed by atoms with Crippen LogP contribution < -0.4 is 5.32 Å². The molecule has 0 aliphatic carbocycles. The third-order valence-electron chi connectivity index (χ3n) is 4.32. The van der Waals surface area contributed by atoms with E-state index in [9.17, 15) is 18.0 Å². The highest BCUT2D eigenvalue weighted by Gasteiger charge is 2.31. The van der Waals surface area contributed by atoms with Gasteiger partial charge in [0.1, 0.15) is 0 Å². The number of halogens is 3. The van der Waals surface area contributed by atoms with Crippen molar-refractivity contribution in [3.05, 3.63) is 65.6 Å². The minimum absolute atomic E-state index is 0.00560. The first-order valence-electron chi connectivity index (χ1n) is 8.63. The second-order valence-electron chi connectivity index (χ2n) is 6.23. The zero-order valence-corrected chi connectivity index (χ0v) is 14.7. The van der Waals surface area contributed by atoms with Gasteiger partial charge in [0.25, 0.3) is 0 Å². The molecule has 3 rings (SSSR count). The first kappa shape index (κ1) is 18.9. The van der Waals surface area contributed by atoms with Gasteiger partial charge < -0.3 is 5.32 Å². The second kappa shape index (κ2) is 7.77. The number of alkyl halides is 3. The van der Waals surface area contributed by atoms with Crippen molar-refractivity contribution in [2.75, 3.05) is 0 Å². The highest BCUT2D eigenvalue weighted by molar-refractivity contribution is 5.83. The molecule has 1 atom stereocenters. The molecule has 0 saturated carbocycles. The number of hydrogen-bond acceptors (Lipinski definition) is 3. The summed E-state index contributed by atoms with van der Waals surface area (Å²) < 4.78 is 40.0. The van der Waals surface area contributed by atoms with Gasteiger partial charge in [-0.3, -0.25) is 9.20 Å². The largest absolute Gasteiger partial charge is 0.417 e. The summed E-state index contributed by atoms with van der Waals surface area (Å²) >= 11 is 0. The predicted octanol–water partition coefficient (Wildman–Crippen LogP) is 3.95. The second-order valence-corrected chi connectivity index (χ2v) is 6.23. The zero-order valence-electron chi connectivity index (χ0n) is 14.7. The summed E-state index contributed by atoms with van der Waals surface area (Å²) in [6, 6.07) is 11.6. The van der Waals surface area contributed by atoms with E-state index in [1.165, 1.54) is 10.5 Å². The lowest BCUT2D eigenvalue weighted by atomic mass is 9.94. The van der Waals surface area contributed by atoms with E-state index >= 15 is 0 Å². The molecule has 8 heteroatoms. The third-order valence-corrected chi connectivity index (χ3v) is 4.32. The maximum absolute atomic E-state index is 12.9. The Morgan fingerprint density at radius 3 is 2.56 bits per heavy atom. The van der Waals surface area contributed by atoms with Crippen LogP contribution in [0.1, 0.15) is 42.6 Å². The zero-order chi connectivity index (χ0) is 19.4. The summed E-state index contributed by atoms with van der Waals surface area (Å²) in [6.45, 7) is 1.99. The van der Waals surface area contributed by atoms with Gasteiger partial charge in [-0.1, -0.05) is 43.7 Å². The molecule has 2 aromatic heterocycles. The minimum Gasteiger partial charge on any atom is -0.348 e. The van der Waals surface area contributed by atoms with Crippen LogP contribution in [-0.4, -0.2) is 20.5 Å².